The van der Waals surface area contributed by atoms with Crippen molar-refractivity contribution in [3.8, 4) is 0 Å². The summed E-state index contributed by atoms with van der Waals surface area (Å²) in [6, 6.07) is 4.02. The van der Waals surface area contributed by atoms with Crippen molar-refractivity contribution in [2.75, 3.05) is 13.1 Å². The molecule has 0 saturated heterocycles. The number of carbonyl (C=O) groups excluding carboxylic acids is 1. The van der Waals surface area contributed by atoms with E-state index in [0.29, 0.717) is 18.6 Å². The van der Waals surface area contributed by atoms with E-state index in [1.807, 2.05) is 0 Å². The van der Waals surface area contributed by atoms with Gasteiger partial charge >= 0.3 is 0 Å². The average Bonchev–Trinajstić information content (AvgIpc) is 2.33. The summed E-state index contributed by atoms with van der Waals surface area (Å²) in [5, 5.41) is 2.78. The van der Waals surface area contributed by atoms with Gasteiger partial charge in [-0.05, 0) is 39.8 Å². The molecule has 0 aliphatic heterocycles. The van der Waals surface area contributed by atoms with Crippen LogP contribution in [-0.4, -0.2) is 41.0 Å². The van der Waals surface area contributed by atoms with Crippen LogP contribution in [0.4, 0.5) is 0 Å². The Bertz CT molecular complexity index is 458. The van der Waals surface area contributed by atoms with Crippen molar-refractivity contribution >= 4 is 5.91 Å². The highest BCUT2D eigenvalue weighted by atomic mass is 16.2. The Hall–Kier alpha value is -1.62. The summed E-state index contributed by atoms with van der Waals surface area (Å²) in [6.07, 6.45) is 1.51. The molecular formula is C14H23N3O2. The van der Waals surface area contributed by atoms with Crippen molar-refractivity contribution < 1.29 is 4.79 Å². The summed E-state index contributed by atoms with van der Waals surface area (Å²) < 4.78 is 0. The lowest BCUT2D eigenvalue weighted by Crippen LogP contribution is -2.43. The fourth-order valence-corrected chi connectivity index (χ4v) is 2.11. The maximum atomic E-state index is 11.8. The topological polar surface area (TPSA) is 65.2 Å². The van der Waals surface area contributed by atoms with Gasteiger partial charge in [0, 0.05) is 31.4 Å². The van der Waals surface area contributed by atoms with Crippen molar-refractivity contribution in [1.82, 2.24) is 15.2 Å². The van der Waals surface area contributed by atoms with E-state index in [1.54, 1.807) is 6.07 Å². The maximum absolute atomic E-state index is 11.8. The summed E-state index contributed by atoms with van der Waals surface area (Å²) in [6.45, 7) is 9.82. The van der Waals surface area contributed by atoms with E-state index in [4.69, 9.17) is 0 Å². The third kappa shape index (κ3) is 4.52. The van der Waals surface area contributed by atoms with Gasteiger partial charge in [-0.2, -0.15) is 0 Å². The number of amides is 1. The second kappa shape index (κ2) is 7.09. The van der Waals surface area contributed by atoms with Crippen molar-refractivity contribution in [3.05, 3.63) is 34.2 Å². The van der Waals surface area contributed by atoms with Gasteiger partial charge in [0.1, 0.15) is 5.56 Å². The van der Waals surface area contributed by atoms with Crippen molar-refractivity contribution in [3.63, 3.8) is 0 Å². The number of rotatable bonds is 6. The fraction of sp³-hybridized carbons (Fsp3) is 0.571. The fourth-order valence-electron chi connectivity index (χ4n) is 2.11. The van der Waals surface area contributed by atoms with Crippen LogP contribution in [-0.2, 0) is 0 Å². The number of aromatic amines is 1. The number of nitrogens with zero attached hydrogens (tertiary/aromatic N) is 1. The van der Waals surface area contributed by atoms with Crippen LogP contribution in [0.5, 0.6) is 0 Å². The molecule has 0 spiro atoms. The molecule has 1 rings (SSSR count). The molecule has 0 radical (unpaired) electrons. The molecule has 2 N–H and O–H groups in total. The van der Waals surface area contributed by atoms with Crippen LogP contribution in [0, 0.1) is 0 Å². The maximum Gasteiger partial charge on any atom is 0.260 e. The number of pyridine rings is 1. The zero-order valence-corrected chi connectivity index (χ0v) is 12.1. The largest absolute Gasteiger partial charge is 0.351 e. The zero-order chi connectivity index (χ0) is 14.4. The van der Waals surface area contributed by atoms with Gasteiger partial charge in [0.25, 0.3) is 11.5 Å². The van der Waals surface area contributed by atoms with E-state index >= 15 is 0 Å². The summed E-state index contributed by atoms with van der Waals surface area (Å²) in [7, 11) is 0. The monoisotopic (exact) mass is 265 g/mol. The van der Waals surface area contributed by atoms with Crippen LogP contribution in [0.15, 0.2) is 23.1 Å². The Morgan fingerprint density at radius 1 is 1.32 bits per heavy atom. The molecule has 1 heterocycles. The highest BCUT2D eigenvalue weighted by Crippen LogP contribution is 2.03. The Morgan fingerprint density at radius 2 is 1.95 bits per heavy atom. The van der Waals surface area contributed by atoms with Crippen LogP contribution < -0.4 is 10.9 Å². The van der Waals surface area contributed by atoms with Gasteiger partial charge in [-0.1, -0.05) is 0 Å². The molecule has 0 saturated carbocycles. The van der Waals surface area contributed by atoms with E-state index in [1.165, 1.54) is 12.3 Å². The number of aromatic nitrogens is 1. The standard InChI is InChI=1S/C14H23N3O2/c1-10(2)17(11(3)4)9-8-16-14(19)12-6-5-7-15-13(12)18/h5-7,10-11H,8-9H2,1-4H3,(H,15,18)(H,16,19). The smallest absolute Gasteiger partial charge is 0.260 e. The van der Waals surface area contributed by atoms with Crippen molar-refractivity contribution in [2.45, 2.75) is 39.8 Å². The number of nitrogens with one attached hydrogen (secondary N) is 2. The first-order chi connectivity index (χ1) is 8.93. The number of hydrogen-bond acceptors (Lipinski definition) is 3. The highest BCUT2D eigenvalue weighted by molar-refractivity contribution is 5.93. The molecule has 0 bridgehead atoms. The third-order valence-electron chi connectivity index (χ3n) is 3.04. The molecule has 106 valence electrons. The third-order valence-corrected chi connectivity index (χ3v) is 3.04. The molecule has 0 aliphatic carbocycles. The summed E-state index contributed by atoms with van der Waals surface area (Å²) in [4.78, 5) is 28.1. The first-order valence-corrected chi connectivity index (χ1v) is 6.65. The van der Waals surface area contributed by atoms with E-state index in [9.17, 15) is 9.59 Å². The van der Waals surface area contributed by atoms with E-state index < -0.39 is 0 Å². The molecule has 1 aromatic heterocycles. The summed E-state index contributed by atoms with van der Waals surface area (Å²) in [5.74, 6) is -0.325. The van der Waals surface area contributed by atoms with Gasteiger partial charge in [0.2, 0.25) is 0 Å². The van der Waals surface area contributed by atoms with Crippen LogP contribution in [0.1, 0.15) is 38.1 Å². The lowest BCUT2D eigenvalue weighted by Gasteiger charge is -2.30. The minimum absolute atomic E-state index is 0.156. The Balaban J connectivity index is 2.52. The second-order valence-corrected chi connectivity index (χ2v) is 5.09. The second-order valence-electron chi connectivity index (χ2n) is 5.09. The molecule has 0 fully saturated rings. The van der Waals surface area contributed by atoms with Gasteiger partial charge in [-0.25, -0.2) is 0 Å². The van der Waals surface area contributed by atoms with Gasteiger partial charge in [0.15, 0.2) is 0 Å². The quantitative estimate of drug-likeness (QED) is 0.813. The number of carbonyl (C=O) groups is 1. The van der Waals surface area contributed by atoms with Crippen LogP contribution in [0.25, 0.3) is 0 Å². The molecule has 0 unspecified atom stereocenters. The van der Waals surface area contributed by atoms with Gasteiger partial charge < -0.3 is 10.3 Å². The Morgan fingerprint density at radius 3 is 2.47 bits per heavy atom. The molecular weight excluding hydrogens is 242 g/mol. The van der Waals surface area contributed by atoms with Crippen molar-refractivity contribution in [1.29, 1.82) is 0 Å². The van der Waals surface area contributed by atoms with Gasteiger partial charge in [0.05, 0.1) is 0 Å². The summed E-state index contributed by atoms with van der Waals surface area (Å²) >= 11 is 0. The van der Waals surface area contributed by atoms with Crippen LogP contribution >= 0.6 is 0 Å². The van der Waals surface area contributed by atoms with E-state index in [-0.39, 0.29) is 17.0 Å². The molecule has 0 aliphatic rings. The molecule has 1 aromatic rings. The Kier molecular flexibility index (Phi) is 5.76. The first-order valence-electron chi connectivity index (χ1n) is 6.65. The highest BCUT2D eigenvalue weighted by Gasteiger charge is 2.14. The first kappa shape index (κ1) is 15.4. The predicted molar refractivity (Wildman–Crippen MR) is 76.4 cm³/mol. The predicted octanol–water partition coefficient (Wildman–Crippen LogP) is 1.22. The SMILES string of the molecule is CC(C)N(CCNC(=O)c1ccc[nH]c1=O)C(C)C. The number of H-pyrrole nitrogens is 1. The average molecular weight is 265 g/mol. The van der Waals surface area contributed by atoms with Crippen LogP contribution in [0.3, 0.4) is 0 Å². The van der Waals surface area contributed by atoms with E-state index in [2.05, 4.69) is 42.9 Å². The van der Waals surface area contributed by atoms with Gasteiger partial charge in [-0.3, -0.25) is 14.5 Å². The normalized spacial score (nSPS) is 11.3. The lowest BCUT2D eigenvalue weighted by molar-refractivity contribution is 0.0938. The van der Waals surface area contributed by atoms with Gasteiger partial charge in [-0.15, -0.1) is 0 Å². The minimum atomic E-state index is -0.357. The number of hydrogen-bond donors (Lipinski definition) is 2. The molecule has 0 atom stereocenters. The molecule has 19 heavy (non-hydrogen) atoms. The zero-order valence-electron chi connectivity index (χ0n) is 12.1. The van der Waals surface area contributed by atoms with E-state index in [0.717, 1.165) is 6.54 Å². The van der Waals surface area contributed by atoms with Crippen molar-refractivity contribution in [2.24, 2.45) is 0 Å². The molecule has 0 aromatic carbocycles. The molecule has 5 nitrogen and oxygen atoms in total. The minimum Gasteiger partial charge on any atom is -0.351 e. The lowest BCUT2D eigenvalue weighted by atomic mass is 10.2. The molecule has 1 amide bonds. The summed E-state index contributed by atoms with van der Waals surface area (Å²) in [5.41, 5.74) is -0.201. The Labute approximate surface area is 114 Å². The van der Waals surface area contributed by atoms with Crippen LogP contribution in [0.2, 0.25) is 0 Å². The molecule has 5 heteroatoms.